The minimum absolute atomic E-state index is 0.115. The molecule has 1 saturated heterocycles. The summed E-state index contributed by atoms with van der Waals surface area (Å²) in [5.41, 5.74) is 5.70. The molecule has 0 aromatic carbocycles. The normalized spacial score (nSPS) is 38.6. The van der Waals surface area contributed by atoms with Gasteiger partial charge in [-0.2, -0.15) is 0 Å². The monoisotopic (exact) mass is 205 g/mol. The molecule has 0 saturated carbocycles. The molecule has 0 spiro atoms. The lowest BCUT2D eigenvalue weighted by Gasteiger charge is -2.36. The number of hydrogen-bond acceptors (Lipinski definition) is 5. The molecule has 0 amide bonds. The van der Waals surface area contributed by atoms with Crippen LogP contribution in [0.25, 0.3) is 0 Å². The van der Waals surface area contributed by atoms with Gasteiger partial charge in [0.1, 0.15) is 0 Å². The van der Waals surface area contributed by atoms with E-state index in [1.165, 1.54) is 0 Å². The molecule has 0 aromatic heterocycles. The van der Waals surface area contributed by atoms with Crippen molar-refractivity contribution in [1.29, 1.82) is 0 Å². The molecule has 5 nitrogen and oxygen atoms in total. The van der Waals surface area contributed by atoms with E-state index < -0.39 is 18.4 Å². The molecule has 1 fully saturated rings. The van der Waals surface area contributed by atoms with Crippen LogP contribution < -0.4 is 5.73 Å². The third kappa shape index (κ3) is 2.90. The van der Waals surface area contributed by atoms with Crippen molar-refractivity contribution in [3.05, 3.63) is 0 Å². The second kappa shape index (κ2) is 5.63. The Hall–Kier alpha value is -0.200. The van der Waals surface area contributed by atoms with Crippen LogP contribution in [0.15, 0.2) is 0 Å². The second-order valence-corrected chi connectivity index (χ2v) is 3.56. The lowest BCUT2D eigenvalue weighted by atomic mass is 10.0. The van der Waals surface area contributed by atoms with Crippen LogP contribution in [0.3, 0.4) is 0 Å². The van der Waals surface area contributed by atoms with Crippen molar-refractivity contribution in [3.63, 3.8) is 0 Å². The van der Waals surface area contributed by atoms with Crippen LogP contribution in [0.1, 0.15) is 19.8 Å². The zero-order chi connectivity index (χ0) is 10.6. The minimum atomic E-state index is -0.664. The summed E-state index contributed by atoms with van der Waals surface area (Å²) in [6.07, 6.45) is -0.402. The highest BCUT2D eigenvalue weighted by molar-refractivity contribution is 4.84. The molecule has 1 aliphatic heterocycles. The Kier molecular flexibility index (Phi) is 4.77. The molecule has 14 heavy (non-hydrogen) atoms. The fourth-order valence-corrected chi connectivity index (χ4v) is 1.45. The topological polar surface area (TPSA) is 84.9 Å². The summed E-state index contributed by atoms with van der Waals surface area (Å²) >= 11 is 0. The first-order chi connectivity index (χ1) is 6.69. The largest absolute Gasteiger partial charge is 0.394 e. The molecule has 2 unspecified atom stereocenters. The van der Waals surface area contributed by atoms with Crippen LogP contribution in [0.5, 0.6) is 0 Å². The third-order valence-electron chi connectivity index (χ3n) is 2.28. The summed E-state index contributed by atoms with van der Waals surface area (Å²) in [7, 11) is 0. The molecule has 0 bridgehead atoms. The van der Waals surface area contributed by atoms with E-state index in [9.17, 15) is 5.11 Å². The summed E-state index contributed by atoms with van der Waals surface area (Å²) in [5, 5.41) is 18.5. The van der Waals surface area contributed by atoms with Gasteiger partial charge in [0.25, 0.3) is 0 Å². The van der Waals surface area contributed by atoms with Crippen molar-refractivity contribution in [2.45, 2.75) is 44.3 Å². The van der Waals surface area contributed by atoms with Gasteiger partial charge in [0.05, 0.1) is 24.9 Å². The molecule has 0 aromatic rings. The van der Waals surface area contributed by atoms with Crippen molar-refractivity contribution in [2.75, 3.05) is 13.2 Å². The van der Waals surface area contributed by atoms with Gasteiger partial charge in [0, 0.05) is 13.0 Å². The van der Waals surface area contributed by atoms with Crippen molar-refractivity contribution >= 4 is 0 Å². The van der Waals surface area contributed by atoms with Crippen LogP contribution in [0.2, 0.25) is 0 Å². The molecule has 84 valence electrons. The SMILES string of the molecule is CCCO[C@@H]1OC(CO)CC(O)[C@@H]1N. The number of aliphatic hydroxyl groups is 2. The number of nitrogens with two attached hydrogens (primary N) is 1. The van der Waals surface area contributed by atoms with Gasteiger partial charge >= 0.3 is 0 Å². The molecule has 0 radical (unpaired) electrons. The van der Waals surface area contributed by atoms with Crippen molar-refractivity contribution in [2.24, 2.45) is 5.73 Å². The van der Waals surface area contributed by atoms with Crippen LogP contribution in [-0.2, 0) is 9.47 Å². The standard InChI is InChI=1S/C9H19NO4/c1-2-3-13-9-8(10)7(12)4-6(5-11)14-9/h6-9,11-12H,2-5,10H2,1H3/t6?,7?,8-,9+/m0/s1. The first-order valence-electron chi connectivity index (χ1n) is 5.00. The predicted molar refractivity (Wildman–Crippen MR) is 50.6 cm³/mol. The Labute approximate surface area is 83.8 Å². The molecule has 1 rings (SSSR count). The van der Waals surface area contributed by atoms with Crippen LogP contribution >= 0.6 is 0 Å². The molecule has 4 N–H and O–H groups in total. The van der Waals surface area contributed by atoms with Crippen molar-refractivity contribution < 1.29 is 19.7 Å². The molecule has 5 heteroatoms. The molecule has 4 atom stereocenters. The Morgan fingerprint density at radius 3 is 2.86 bits per heavy atom. The first kappa shape index (κ1) is 11.9. The maximum Gasteiger partial charge on any atom is 0.175 e. The van der Waals surface area contributed by atoms with E-state index in [1.54, 1.807) is 0 Å². The molecule has 1 aliphatic rings. The van der Waals surface area contributed by atoms with Crippen molar-refractivity contribution in [1.82, 2.24) is 0 Å². The average Bonchev–Trinajstić information content (AvgIpc) is 2.20. The minimum Gasteiger partial charge on any atom is -0.394 e. The fourth-order valence-electron chi connectivity index (χ4n) is 1.45. The van der Waals surface area contributed by atoms with Gasteiger partial charge in [-0.1, -0.05) is 6.92 Å². The summed E-state index contributed by atoms with van der Waals surface area (Å²) in [6.45, 7) is 2.41. The summed E-state index contributed by atoms with van der Waals surface area (Å²) in [4.78, 5) is 0. The van der Waals surface area contributed by atoms with Gasteiger partial charge in [0.2, 0.25) is 0 Å². The number of aliphatic hydroxyl groups excluding tert-OH is 2. The predicted octanol–water partition coefficient (Wildman–Crippen LogP) is -0.791. The lowest BCUT2D eigenvalue weighted by Crippen LogP contribution is -2.55. The maximum absolute atomic E-state index is 9.55. The number of ether oxygens (including phenoxy) is 2. The second-order valence-electron chi connectivity index (χ2n) is 3.56. The highest BCUT2D eigenvalue weighted by Crippen LogP contribution is 2.19. The van der Waals surface area contributed by atoms with E-state index in [4.69, 9.17) is 20.3 Å². The summed E-state index contributed by atoms with van der Waals surface area (Å²) in [6, 6.07) is -0.524. The van der Waals surface area contributed by atoms with Crippen LogP contribution in [0, 0.1) is 0 Å². The smallest absolute Gasteiger partial charge is 0.175 e. The van der Waals surface area contributed by atoms with Gasteiger partial charge < -0.3 is 25.4 Å². The Morgan fingerprint density at radius 2 is 2.29 bits per heavy atom. The van der Waals surface area contributed by atoms with E-state index in [0.29, 0.717) is 13.0 Å². The highest BCUT2D eigenvalue weighted by Gasteiger charge is 2.35. The van der Waals surface area contributed by atoms with Crippen LogP contribution in [0.4, 0.5) is 0 Å². The molecular formula is C9H19NO4. The van der Waals surface area contributed by atoms with Gasteiger partial charge in [-0.25, -0.2) is 0 Å². The fraction of sp³-hybridized carbons (Fsp3) is 1.00. The van der Waals surface area contributed by atoms with E-state index in [0.717, 1.165) is 6.42 Å². The van der Waals surface area contributed by atoms with Gasteiger partial charge in [-0.05, 0) is 6.42 Å². The average molecular weight is 205 g/mol. The van der Waals surface area contributed by atoms with E-state index in [2.05, 4.69) is 0 Å². The van der Waals surface area contributed by atoms with Crippen LogP contribution in [-0.4, -0.2) is 48.0 Å². The third-order valence-corrected chi connectivity index (χ3v) is 2.28. The summed E-state index contributed by atoms with van der Waals surface area (Å²) < 4.78 is 10.7. The van der Waals surface area contributed by atoms with Gasteiger partial charge in [-0.15, -0.1) is 0 Å². The zero-order valence-corrected chi connectivity index (χ0v) is 8.43. The lowest BCUT2D eigenvalue weighted by molar-refractivity contribution is -0.231. The first-order valence-corrected chi connectivity index (χ1v) is 5.00. The molecule has 0 aliphatic carbocycles. The van der Waals surface area contributed by atoms with E-state index in [1.807, 2.05) is 6.92 Å². The Morgan fingerprint density at radius 1 is 1.57 bits per heavy atom. The van der Waals surface area contributed by atoms with Crippen molar-refractivity contribution in [3.8, 4) is 0 Å². The Balaban J connectivity index is 2.45. The quantitative estimate of drug-likeness (QED) is 0.560. The number of rotatable bonds is 4. The highest BCUT2D eigenvalue weighted by atomic mass is 16.7. The summed E-state index contributed by atoms with van der Waals surface area (Å²) in [5.74, 6) is 0. The van der Waals surface area contributed by atoms with E-state index in [-0.39, 0.29) is 12.7 Å². The maximum atomic E-state index is 9.55. The van der Waals surface area contributed by atoms with E-state index >= 15 is 0 Å². The van der Waals surface area contributed by atoms with Gasteiger partial charge in [0.15, 0.2) is 6.29 Å². The Bertz CT molecular complexity index is 167. The molecular weight excluding hydrogens is 186 g/mol. The van der Waals surface area contributed by atoms with Gasteiger partial charge in [-0.3, -0.25) is 0 Å². The zero-order valence-electron chi connectivity index (χ0n) is 8.43. The molecule has 1 heterocycles. The number of hydrogen-bond donors (Lipinski definition) is 3.